The minimum Gasteiger partial charge on any atom is -0.320 e. The highest BCUT2D eigenvalue weighted by Crippen LogP contribution is 2.13. The second-order valence-corrected chi connectivity index (χ2v) is 6.53. The minimum atomic E-state index is -0.470. The number of anilines is 1. The quantitative estimate of drug-likeness (QED) is 0.638. The number of H-pyrrole nitrogens is 1. The Bertz CT molecular complexity index is 989. The molecule has 0 saturated carbocycles. The second-order valence-electron chi connectivity index (χ2n) is 6.53. The maximum atomic E-state index is 12.4. The maximum absolute atomic E-state index is 12.4. The summed E-state index contributed by atoms with van der Waals surface area (Å²) in [4.78, 5) is 31.6. The highest BCUT2D eigenvalue weighted by Gasteiger charge is 2.16. The second kappa shape index (κ2) is 7.55. The molecule has 3 aromatic heterocycles. The van der Waals surface area contributed by atoms with Gasteiger partial charge in [-0.05, 0) is 43.7 Å². The summed E-state index contributed by atoms with van der Waals surface area (Å²) in [5, 5.41) is 10.4. The molecule has 1 atom stereocenters. The Hall–Kier alpha value is -3.26. The topological polar surface area (TPSA) is 105 Å². The van der Waals surface area contributed by atoms with E-state index in [4.69, 9.17) is 0 Å². The van der Waals surface area contributed by atoms with E-state index in [1.165, 1.54) is 12.5 Å². The van der Waals surface area contributed by atoms with E-state index in [0.717, 1.165) is 19.5 Å². The van der Waals surface area contributed by atoms with Crippen molar-refractivity contribution in [2.75, 3.05) is 11.9 Å². The van der Waals surface area contributed by atoms with Crippen LogP contribution >= 0.6 is 0 Å². The first-order valence-corrected chi connectivity index (χ1v) is 8.91. The molecule has 0 spiro atoms. The van der Waals surface area contributed by atoms with Crippen LogP contribution < -0.4 is 16.2 Å². The molecule has 4 rings (SSSR count). The predicted molar refractivity (Wildman–Crippen MR) is 101 cm³/mol. The van der Waals surface area contributed by atoms with Crippen molar-refractivity contribution in [3.8, 4) is 11.4 Å². The van der Waals surface area contributed by atoms with Crippen LogP contribution in [-0.4, -0.2) is 38.2 Å². The molecule has 8 nitrogen and oxygen atoms in total. The van der Waals surface area contributed by atoms with Crippen LogP contribution in [0.15, 0.2) is 53.7 Å². The van der Waals surface area contributed by atoms with Gasteiger partial charge in [0.15, 0.2) is 0 Å². The number of pyridine rings is 2. The first-order valence-electron chi connectivity index (χ1n) is 8.91. The van der Waals surface area contributed by atoms with Crippen molar-refractivity contribution >= 4 is 11.6 Å². The summed E-state index contributed by atoms with van der Waals surface area (Å²) in [6, 6.07) is 9.01. The van der Waals surface area contributed by atoms with Crippen molar-refractivity contribution in [2.45, 2.75) is 25.4 Å². The molecule has 27 heavy (non-hydrogen) atoms. The zero-order valence-electron chi connectivity index (χ0n) is 14.7. The van der Waals surface area contributed by atoms with Crippen molar-refractivity contribution in [1.29, 1.82) is 0 Å². The van der Waals surface area contributed by atoms with Gasteiger partial charge >= 0.3 is 0 Å². The number of hydrogen-bond donors (Lipinski definition) is 3. The van der Waals surface area contributed by atoms with E-state index >= 15 is 0 Å². The van der Waals surface area contributed by atoms with Crippen molar-refractivity contribution in [3.05, 3.63) is 64.8 Å². The van der Waals surface area contributed by atoms with E-state index in [2.05, 4.69) is 25.7 Å². The largest absolute Gasteiger partial charge is 0.320 e. The Morgan fingerprint density at radius 2 is 2.22 bits per heavy atom. The lowest BCUT2D eigenvalue weighted by atomic mass is 10.2. The van der Waals surface area contributed by atoms with Crippen LogP contribution in [0.1, 0.15) is 23.2 Å². The number of rotatable bonds is 5. The number of nitrogens with zero attached hydrogens (tertiary/aromatic N) is 3. The fourth-order valence-corrected chi connectivity index (χ4v) is 3.19. The number of aromatic nitrogens is 4. The summed E-state index contributed by atoms with van der Waals surface area (Å²) < 4.78 is 1.80. The zero-order valence-corrected chi connectivity index (χ0v) is 14.7. The number of hydrogen-bond acceptors (Lipinski definition) is 5. The molecule has 1 unspecified atom stereocenters. The van der Waals surface area contributed by atoms with Crippen LogP contribution in [-0.2, 0) is 6.54 Å². The molecule has 0 bridgehead atoms. The van der Waals surface area contributed by atoms with Crippen LogP contribution in [0.3, 0.4) is 0 Å². The minimum absolute atomic E-state index is 0.0416. The van der Waals surface area contributed by atoms with E-state index in [1.807, 2.05) is 6.07 Å². The van der Waals surface area contributed by atoms with Crippen LogP contribution in [0, 0.1) is 0 Å². The van der Waals surface area contributed by atoms with Crippen molar-refractivity contribution < 1.29 is 4.79 Å². The van der Waals surface area contributed by atoms with Gasteiger partial charge in [-0.2, -0.15) is 5.10 Å². The molecule has 8 heteroatoms. The van der Waals surface area contributed by atoms with Crippen molar-refractivity contribution in [3.63, 3.8) is 0 Å². The van der Waals surface area contributed by atoms with Gasteiger partial charge < -0.3 is 15.6 Å². The van der Waals surface area contributed by atoms with Crippen LogP contribution in [0.4, 0.5) is 5.69 Å². The third kappa shape index (κ3) is 3.95. The van der Waals surface area contributed by atoms with Crippen LogP contribution in [0.5, 0.6) is 0 Å². The first-order chi connectivity index (χ1) is 13.2. The van der Waals surface area contributed by atoms with Gasteiger partial charge in [-0.25, -0.2) is 0 Å². The fraction of sp³-hybridized carbons (Fsp3) is 0.263. The molecular formula is C19H20N6O2. The van der Waals surface area contributed by atoms with Crippen LogP contribution in [0.2, 0.25) is 0 Å². The molecule has 0 radical (unpaired) electrons. The maximum Gasteiger partial charge on any atom is 0.261 e. The monoisotopic (exact) mass is 364 g/mol. The molecule has 0 aromatic carbocycles. The van der Waals surface area contributed by atoms with Gasteiger partial charge in [-0.3, -0.25) is 19.3 Å². The summed E-state index contributed by atoms with van der Waals surface area (Å²) in [5.41, 5.74) is 1.35. The Kier molecular flexibility index (Phi) is 4.80. The molecule has 0 aliphatic carbocycles. The molecule has 1 aliphatic heterocycles. The van der Waals surface area contributed by atoms with Gasteiger partial charge in [-0.1, -0.05) is 6.07 Å². The van der Waals surface area contributed by atoms with Crippen molar-refractivity contribution in [1.82, 2.24) is 25.1 Å². The zero-order chi connectivity index (χ0) is 18.6. The summed E-state index contributed by atoms with van der Waals surface area (Å²) in [6.07, 6.45) is 7.30. The number of carbonyl (C=O) groups is 1. The molecule has 1 amide bonds. The van der Waals surface area contributed by atoms with Gasteiger partial charge in [0.1, 0.15) is 5.56 Å². The Balaban J connectivity index is 1.45. The number of nitrogens with one attached hydrogen (secondary N) is 3. The highest BCUT2D eigenvalue weighted by atomic mass is 16.2. The van der Waals surface area contributed by atoms with Gasteiger partial charge in [-0.15, -0.1) is 0 Å². The predicted octanol–water partition coefficient (Wildman–Crippen LogP) is 1.64. The average Bonchev–Trinajstić information content (AvgIpc) is 3.35. The lowest BCUT2D eigenvalue weighted by Gasteiger charge is -2.09. The SMILES string of the molecule is O=C(Nc1cnn(CC2CCCN2)c1)c1ccc(-c2ccccn2)[nH]c1=O. The average molecular weight is 364 g/mol. The van der Waals surface area contributed by atoms with E-state index < -0.39 is 11.5 Å². The summed E-state index contributed by atoms with van der Waals surface area (Å²) in [7, 11) is 0. The van der Waals surface area contributed by atoms with Gasteiger partial charge in [0, 0.05) is 18.4 Å². The number of aromatic amines is 1. The fourth-order valence-electron chi connectivity index (χ4n) is 3.19. The summed E-state index contributed by atoms with van der Waals surface area (Å²) in [5.74, 6) is -0.470. The molecular weight excluding hydrogens is 344 g/mol. The third-order valence-corrected chi connectivity index (χ3v) is 4.56. The first kappa shape index (κ1) is 17.2. The molecule has 3 N–H and O–H groups in total. The Morgan fingerprint density at radius 1 is 1.30 bits per heavy atom. The van der Waals surface area contributed by atoms with Crippen molar-refractivity contribution in [2.24, 2.45) is 0 Å². The van der Waals surface area contributed by atoms with Crippen LogP contribution in [0.25, 0.3) is 11.4 Å². The number of amides is 1. The molecule has 138 valence electrons. The molecule has 1 saturated heterocycles. The summed E-state index contributed by atoms with van der Waals surface area (Å²) >= 11 is 0. The summed E-state index contributed by atoms with van der Waals surface area (Å²) in [6.45, 7) is 1.79. The molecule has 4 heterocycles. The number of carbonyl (C=O) groups excluding carboxylic acids is 1. The van der Waals surface area contributed by atoms with E-state index in [0.29, 0.717) is 23.1 Å². The lowest BCUT2D eigenvalue weighted by Crippen LogP contribution is -2.26. The standard InChI is InChI=1S/C19H20N6O2/c26-18(23-14-10-22-25(12-14)11-13-4-3-9-20-13)15-6-7-17(24-19(15)27)16-5-1-2-8-21-16/h1-2,5-8,10,12-13,20H,3-4,9,11H2,(H,23,26)(H,24,27). The molecule has 1 fully saturated rings. The molecule has 1 aliphatic rings. The van der Waals surface area contributed by atoms with E-state index in [1.54, 1.807) is 41.5 Å². The normalized spacial score (nSPS) is 16.4. The van der Waals surface area contributed by atoms with Gasteiger partial charge in [0.2, 0.25) is 0 Å². The van der Waals surface area contributed by atoms with E-state index in [-0.39, 0.29) is 5.56 Å². The lowest BCUT2D eigenvalue weighted by molar-refractivity contribution is 0.102. The molecule has 3 aromatic rings. The smallest absolute Gasteiger partial charge is 0.261 e. The van der Waals surface area contributed by atoms with Gasteiger partial charge in [0.25, 0.3) is 11.5 Å². The highest BCUT2D eigenvalue weighted by molar-refractivity contribution is 6.03. The van der Waals surface area contributed by atoms with Gasteiger partial charge in [0.05, 0.1) is 29.8 Å². The third-order valence-electron chi connectivity index (χ3n) is 4.56. The Morgan fingerprint density at radius 3 is 2.96 bits per heavy atom. The van der Waals surface area contributed by atoms with E-state index in [9.17, 15) is 9.59 Å². The Labute approximate surface area is 155 Å².